The molecule has 4 heteroatoms. The Bertz CT molecular complexity index is 1140. The van der Waals surface area contributed by atoms with Gasteiger partial charge >= 0.3 is 0 Å². The number of rotatable bonds is 8. The first-order valence-electron chi connectivity index (χ1n) is 12.3. The van der Waals surface area contributed by atoms with E-state index in [2.05, 4.69) is 75.6 Å². The molecule has 2 heterocycles. The van der Waals surface area contributed by atoms with Crippen molar-refractivity contribution in [2.75, 3.05) is 31.1 Å². The van der Waals surface area contributed by atoms with Crippen LogP contribution in [0.4, 0.5) is 5.88 Å². The van der Waals surface area contributed by atoms with Crippen molar-refractivity contribution in [2.45, 2.75) is 38.6 Å². The topological polar surface area (TPSA) is 32.5 Å². The summed E-state index contributed by atoms with van der Waals surface area (Å²) in [7, 11) is 0. The lowest BCUT2D eigenvalue weighted by molar-refractivity contribution is 0.281. The largest absolute Gasteiger partial charge is 0.338 e. The van der Waals surface area contributed by atoms with Crippen LogP contribution in [0.3, 0.4) is 0 Å². The molecule has 33 heavy (non-hydrogen) atoms. The van der Waals surface area contributed by atoms with Crippen LogP contribution >= 0.6 is 0 Å². The molecule has 0 N–H and O–H groups in total. The lowest BCUT2D eigenvalue weighted by atomic mass is 10.0. The minimum absolute atomic E-state index is 0.810. The maximum Gasteiger partial charge on any atom is 0.228 e. The lowest BCUT2D eigenvalue weighted by Crippen LogP contribution is -2.30. The summed E-state index contributed by atoms with van der Waals surface area (Å²) in [5.41, 5.74) is 3.30. The van der Waals surface area contributed by atoms with Crippen molar-refractivity contribution < 1.29 is 4.52 Å². The van der Waals surface area contributed by atoms with E-state index in [1.807, 2.05) is 18.2 Å². The normalized spacial score (nSPS) is 14.9. The molecule has 1 aliphatic rings. The van der Waals surface area contributed by atoms with Crippen LogP contribution in [0.15, 0.2) is 83.4 Å². The Balaban J connectivity index is 1.36. The Labute approximate surface area is 196 Å². The van der Waals surface area contributed by atoms with Crippen LogP contribution < -0.4 is 4.90 Å². The van der Waals surface area contributed by atoms with Crippen molar-refractivity contribution in [3.63, 3.8) is 0 Å². The highest BCUT2D eigenvalue weighted by Gasteiger charge is 2.17. The molecule has 0 atom stereocenters. The molecular formula is C29H33N3O. The summed E-state index contributed by atoms with van der Waals surface area (Å²) in [6.45, 7) is 5.38. The second-order valence-electron chi connectivity index (χ2n) is 9.09. The number of anilines is 1. The zero-order valence-electron chi connectivity index (χ0n) is 19.3. The molecule has 0 spiro atoms. The van der Waals surface area contributed by atoms with Crippen LogP contribution in [-0.4, -0.2) is 36.2 Å². The number of aromatic nitrogens is 1. The molecule has 0 bridgehead atoms. The van der Waals surface area contributed by atoms with Crippen LogP contribution in [0.2, 0.25) is 0 Å². The monoisotopic (exact) mass is 439 g/mol. The van der Waals surface area contributed by atoms with Crippen LogP contribution in [-0.2, 0) is 6.54 Å². The summed E-state index contributed by atoms with van der Waals surface area (Å²) >= 11 is 0. The van der Waals surface area contributed by atoms with E-state index < -0.39 is 0 Å². The van der Waals surface area contributed by atoms with E-state index in [9.17, 15) is 0 Å². The van der Waals surface area contributed by atoms with Gasteiger partial charge in [-0.3, -0.25) is 0 Å². The fraction of sp³-hybridized carbons (Fsp3) is 0.345. The summed E-state index contributed by atoms with van der Waals surface area (Å²) in [5, 5.41) is 6.98. The predicted octanol–water partition coefficient (Wildman–Crippen LogP) is 6.77. The Morgan fingerprint density at radius 1 is 0.818 bits per heavy atom. The van der Waals surface area contributed by atoms with Crippen molar-refractivity contribution in [3.05, 3.63) is 84.4 Å². The Kier molecular flexibility index (Phi) is 7.02. The Morgan fingerprint density at radius 3 is 2.42 bits per heavy atom. The third-order valence-corrected chi connectivity index (χ3v) is 6.72. The molecule has 4 nitrogen and oxygen atoms in total. The average Bonchev–Trinajstić information content (AvgIpc) is 3.22. The first kappa shape index (κ1) is 21.7. The second-order valence-corrected chi connectivity index (χ2v) is 9.09. The van der Waals surface area contributed by atoms with Gasteiger partial charge in [0.05, 0.1) is 0 Å². The number of hydrogen-bond donors (Lipinski definition) is 0. The van der Waals surface area contributed by atoms with Crippen molar-refractivity contribution in [1.29, 1.82) is 0 Å². The molecule has 0 aliphatic carbocycles. The summed E-state index contributed by atoms with van der Waals surface area (Å²) in [6.07, 6.45) is 6.55. The molecule has 0 radical (unpaired) electrons. The smallest absolute Gasteiger partial charge is 0.228 e. The number of likely N-dealkylation sites (tertiary alicyclic amines) is 1. The van der Waals surface area contributed by atoms with Crippen molar-refractivity contribution >= 4 is 16.7 Å². The van der Waals surface area contributed by atoms with Crippen molar-refractivity contribution in [3.8, 4) is 11.3 Å². The van der Waals surface area contributed by atoms with Crippen LogP contribution in [0.1, 0.15) is 37.7 Å². The van der Waals surface area contributed by atoms with Crippen LogP contribution in [0, 0.1) is 0 Å². The van der Waals surface area contributed by atoms with E-state index in [1.54, 1.807) is 0 Å². The Morgan fingerprint density at radius 2 is 1.58 bits per heavy atom. The van der Waals surface area contributed by atoms with E-state index >= 15 is 0 Å². The lowest BCUT2D eigenvalue weighted by Gasteiger charge is -2.25. The molecule has 0 unspecified atom stereocenters. The van der Waals surface area contributed by atoms with Crippen LogP contribution in [0.25, 0.3) is 22.0 Å². The van der Waals surface area contributed by atoms with Gasteiger partial charge < -0.3 is 14.3 Å². The SMILES string of the molecule is c1ccc(-c2cc(N(CCCN3CCCCCC3)Cc3cccc4ccccc34)on2)cc1. The molecule has 1 aromatic heterocycles. The van der Waals surface area contributed by atoms with E-state index in [-0.39, 0.29) is 0 Å². The highest BCUT2D eigenvalue weighted by atomic mass is 16.5. The minimum Gasteiger partial charge on any atom is -0.338 e. The van der Waals surface area contributed by atoms with Gasteiger partial charge in [0.2, 0.25) is 5.88 Å². The first-order valence-corrected chi connectivity index (χ1v) is 12.3. The molecule has 170 valence electrons. The van der Waals surface area contributed by atoms with Crippen molar-refractivity contribution in [1.82, 2.24) is 10.1 Å². The zero-order chi connectivity index (χ0) is 22.3. The standard InChI is InChI=1S/C29H33N3O/c1-2-9-19-31(18-8-1)20-11-21-32(23-26-16-10-15-24-12-6-7-17-27(24)26)29-22-28(30-33-29)25-13-4-3-5-14-25/h3-7,10,12-17,22H,1-2,8-9,11,18-21,23H2. The highest BCUT2D eigenvalue weighted by Crippen LogP contribution is 2.27. The number of benzene rings is 3. The van der Waals surface area contributed by atoms with Gasteiger partial charge in [-0.1, -0.05) is 90.8 Å². The summed E-state index contributed by atoms with van der Waals surface area (Å²) in [6, 6.07) is 27.6. The predicted molar refractivity (Wildman–Crippen MR) is 136 cm³/mol. The molecule has 3 aromatic carbocycles. The summed E-state index contributed by atoms with van der Waals surface area (Å²) < 4.78 is 5.89. The highest BCUT2D eigenvalue weighted by molar-refractivity contribution is 5.85. The van der Waals surface area contributed by atoms with E-state index in [0.29, 0.717) is 0 Å². The molecular weight excluding hydrogens is 406 g/mol. The van der Waals surface area contributed by atoms with Gasteiger partial charge in [0, 0.05) is 24.7 Å². The fourth-order valence-electron chi connectivity index (χ4n) is 4.91. The zero-order valence-corrected chi connectivity index (χ0v) is 19.3. The van der Waals surface area contributed by atoms with Crippen molar-refractivity contribution in [2.24, 2.45) is 0 Å². The summed E-state index contributed by atoms with van der Waals surface area (Å²) in [4.78, 5) is 5.00. The molecule has 1 saturated heterocycles. The van der Waals surface area contributed by atoms with Gasteiger partial charge in [0.15, 0.2) is 0 Å². The quantitative estimate of drug-likeness (QED) is 0.303. The third-order valence-electron chi connectivity index (χ3n) is 6.72. The first-order chi connectivity index (χ1) is 16.4. The van der Waals surface area contributed by atoms with E-state index in [4.69, 9.17) is 4.52 Å². The average molecular weight is 440 g/mol. The van der Waals surface area contributed by atoms with Gasteiger partial charge in [-0.2, -0.15) is 0 Å². The van der Waals surface area contributed by atoms with E-state index in [0.717, 1.165) is 43.2 Å². The number of fused-ring (bicyclic) bond motifs is 1. The van der Waals surface area contributed by atoms with E-state index in [1.165, 1.54) is 55.1 Å². The molecule has 0 saturated carbocycles. The maximum absolute atomic E-state index is 5.89. The minimum atomic E-state index is 0.810. The van der Waals surface area contributed by atoms with Gasteiger partial charge in [-0.15, -0.1) is 0 Å². The maximum atomic E-state index is 5.89. The van der Waals surface area contributed by atoms with Gasteiger partial charge in [-0.25, -0.2) is 0 Å². The third kappa shape index (κ3) is 5.45. The second kappa shape index (κ2) is 10.7. The molecule has 1 fully saturated rings. The van der Waals surface area contributed by atoms with Gasteiger partial charge in [0.25, 0.3) is 0 Å². The van der Waals surface area contributed by atoms with Gasteiger partial charge in [-0.05, 0) is 55.2 Å². The number of nitrogens with zero attached hydrogens (tertiary/aromatic N) is 3. The fourth-order valence-corrected chi connectivity index (χ4v) is 4.91. The Hall–Kier alpha value is -3.11. The molecule has 4 aromatic rings. The van der Waals surface area contributed by atoms with Gasteiger partial charge in [0.1, 0.15) is 5.69 Å². The molecule has 1 aliphatic heterocycles. The summed E-state index contributed by atoms with van der Waals surface area (Å²) in [5.74, 6) is 0.845. The number of hydrogen-bond acceptors (Lipinski definition) is 4. The molecule has 5 rings (SSSR count). The molecule has 0 amide bonds. The van der Waals surface area contributed by atoms with Crippen LogP contribution in [0.5, 0.6) is 0 Å².